The van der Waals surface area contributed by atoms with Crippen molar-refractivity contribution in [1.29, 1.82) is 0 Å². The molecule has 0 unspecified atom stereocenters. The average Bonchev–Trinajstić information content (AvgIpc) is 2.54. The van der Waals surface area contributed by atoms with E-state index in [0.717, 1.165) is 23.8 Å². The van der Waals surface area contributed by atoms with Crippen molar-refractivity contribution in [2.24, 2.45) is 0 Å². The van der Waals surface area contributed by atoms with E-state index in [0.29, 0.717) is 0 Å². The Morgan fingerprint density at radius 2 is 1.59 bits per heavy atom. The van der Waals surface area contributed by atoms with Crippen molar-refractivity contribution >= 4 is 5.82 Å². The number of rotatable bonds is 4. The van der Waals surface area contributed by atoms with Gasteiger partial charge in [-0.2, -0.15) is 0 Å². The lowest BCUT2D eigenvalue weighted by Gasteiger charge is -2.07. The van der Waals surface area contributed by atoms with Crippen LogP contribution < -0.4 is 5.32 Å². The van der Waals surface area contributed by atoms with E-state index < -0.39 is 0 Å². The zero-order chi connectivity index (χ0) is 15.4. The number of pyridine rings is 1. The van der Waals surface area contributed by atoms with Crippen LogP contribution in [-0.2, 0) is 6.54 Å². The zero-order valence-electron chi connectivity index (χ0n) is 12.7. The molecular weight excluding hydrogens is 272 g/mol. The Kier molecular flexibility index (Phi) is 4.10. The molecule has 3 aromatic rings. The molecule has 0 spiro atoms. The Balaban J connectivity index is 1.69. The van der Waals surface area contributed by atoms with Gasteiger partial charge < -0.3 is 5.32 Å². The first-order valence-corrected chi connectivity index (χ1v) is 7.25. The van der Waals surface area contributed by atoms with E-state index in [1.807, 2.05) is 32.2 Å². The summed E-state index contributed by atoms with van der Waals surface area (Å²) in [5.74, 6) is 0.848. The number of nitrogens with zero attached hydrogens (tertiary/aromatic N) is 3. The number of anilines is 1. The minimum Gasteiger partial charge on any atom is -0.366 e. The second-order valence-corrected chi connectivity index (χ2v) is 5.28. The van der Waals surface area contributed by atoms with Gasteiger partial charge in [0.1, 0.15) is 12.1 Å². The normalized spacial score (nSPS) is 10.5. The molecule has 2 aromatic heterocycles. The van der Waals surface area contributed by atoms with Crippen LogP contribution in [0.5, 0.6) is 0 Å². The summed E-state index contributed by atoms with van der Waals surface area (Å²) < 4.78 is 0. The van der Waals surface area contributed by atoms with Crippen LogP contribution in [0, 0.1) is 13.8 Å². The third kappa shape index (κ3) is 3.47. The Morgan fingerprint density at radius 3 is 2.32 bits per heavy atom. The molecule has 4 heteroatoms. The molecule has 1 N–H and O–H groups in total. The maximum atomic E-state index is 4.23. The summed E-state index contributed by atoms with van der Waals surface area (Å²) in [5.41, 5.74) is 5.60. The maximum absolute atomic E-state index is 4.23. The van der Waals surface area contributed by atoms with E-state index >= 15 is 0 Å². The Bertz CT molecular complexity index is 766. The van der Waals surface area contributed by atoms with Crippen LogP contribution >= 0.6 is 0 Å². The fraction of sp³-hybridized carbons (Fsp3) is 0.167. The van der Waals surface area contributed by atoms with Crippen molar-refractivity contribution in [3.63, 3.8) is 0 Å². The molecule has 0 fully saturated rings. The van der Waals surface area contributed by atoms with E-state index in [4.69, 9.17) is 0 Å². The van der Waals surface area contributed by atoms with Crippen molar-refractivity contribution in [3.05, 3.63) is 71.9 Å². The minimum atomic E-state index is 0.742. The van der Waals surface area contributed by atoms with Crippen molar-refractivity contribution < 1.29 is 0 Å². The molecular formula is C18H18N4. The smallest absolute Gasteiger partial charge is 0.129 e. The van der Waals surface area contributed by atoms with Crippen LogP contribution in [0.4, 0.5) is 5.82 Å². The first-order valence-electron chi connectivity index (χ1n) is 7.25. The van der Waals surface area contributed by atoms with Gasteiger partial charge in [-0.3, -0.25) is 4.98 Å². The molecule has 22 heavy (non-hydrogen) atoms. The predicted octanol–water partition coefficient (Wildman–Crippen LogP) is 3.77. The van der Waals surface area contributed by atoms with Gasteiger partial charge in [0.2, 0.25) is 0 Å². The largest absolute Gasteiger partial charge is 0.366 e. The topological polar surface area (TPSA) is 50.7 Å². The first-order chi connectivity index (χ1) is 10.7. The van der Waals surface area contributed by atoms with Gasteiger partial charge in [0.25, 0.3) is 0 Å². The molecule has 0 radical (unpaired) electrons. The first kappa shape index (κ1) is 14.2. The summed E-state index contributed by atoms with van der Waals surface area (Å²) >= 11 is 0. The SMILES string of the molecule is Cc1cc(-c2ccc(CNc3cc(C)ncn3)cc2)ccn1. The van der Waals surface area contributed by atoms with Crippen molar-refractivity contribution in [1.82, 2.24) is 15.0 Å². The fourth-order valence-electron chi connectivity index (χ4n) is 2.28. The standard InChI is InChI=1S/C18H18N4/c1-13-9-17(7-8-19-13)16-5-3-15(4-6-16)11-20-18-10-14(2)21-12-22-18/h3-10,12H,11H2,1-2H3,(H,20,21,22). The van der Waals surface area contributed by atoms with Crippen LogP contribution in [0.3, 0.4) is 0 Å². The molecule has 110 valence electrons. The highest BCUT2D eigenvalue weighted by atomic mass is 15.0. The minimum absolute atomic E-state index is 0.742. The van der Waals surface area contributed by atoms with Gasteiger partial charge in [0, 0.05) is 30.2 Å². The lowest BCUT2D eigenvalue weighted by atomic mass is 10.0. The number of nitrogens with one attached hydrogen (secondary N) is 1. The van der Waals surface area contributed by atoms with E-state index in [-0.39, 0.29) is 0 Å². The molecule has 0 saturated heterocycles. The number of aromatic nitrogens is 3. The molecule has 1 aromatic carbocycles. The predicted molar refractivity (Wildman–Crippen MR) is 88.5 cm³/mol. The summed E-state index contributed by atoms with van der Waals surface area (Å²) in [7, 11) is 0. The highest BCUT2D eigenvalue weighted by Crippen LogP contribution is 2.20. The van der Waals surface area contributed by atoms with Crippen LogP contribution in [0.2, 0.25) is 0 Å². The molecule has 2 heterocycles. The number of hydrogen-bond acceptors (Lipinski definition) is 4. The quantitative estimate of drug-likeness (QED) is 0.794. The lowest BCUT2D eigenvalue weighted by molar-refractivity contribution is 1.05. The summed E-state index contributed by atoms with van der Waals surface area (Å²) in [4.78, 5) is 12.5. The average molecular weight is 290 g/mol. The monoisotopic (exact) mass is 290 g/mol. The van der Waals surface area contributed by atoms with Crippen molar-refractivity contribution in [2.45, 2.75) is 20.4 Å². The lowest BCUT2D eigenvalue weighted by Crippen LogP contribution is -2.02. The van der Waals surface area contributed by atoms with Gasteiger partial charge in [-0.1, -0.05) is 24.3 Å². The van der Waals surface area contributed by atoms with Gasteiger partial charge in [-0.15, -0.1) is 0 Å². The third-order valence-corrected chi connectivity index (χ3v) is 3.46. The summed E-state index contributed by atoms with van der Waals surface area (Å²) in [6.45, 7) is 4.70. The van der Waals surface area contributed by atoms with Crippen LogP contribution in [0.25, 0.3) is 11.1 Å². The number of hydrogen-bond donors (Lipinski definition) is 1. The number of benzene rings is 1. The maximum Gasteiger partial charge on any atom is 0.129 e. The highest BCUT2D eigenvalue weighted by molar-refractivity contribution is 5.63. The molecule has 3 rings (SSSR count). The zero-order valence-corrected chi connectivity index (χ0v) is 12.7. The fourth-order valence-corrected chi connectivity index (χ4v) is 2.28. The van der Waals surface area contributed by atoms with Gasteiger partial charge in [-0.25, -0.2) is 9.97 Å². The van der Waals surface area contributed by atoms with E-state index in [1.54, 1.807) is 6.33 Å². The van der Waals surface area contributed by atoms with Crippen LogP contribution in [0.15, 0.2) is 55.0 Å². The van der Waals surface area contributed by atoms with Gasteiger partial charge in [0.15, 0.2) is 0 Å². The molecule has 0 aliphatic carbocycles. The Morgan fingerprint density at radius 1 is 0.818 bits per heavy atom. The van der Waals surface area contributed by atoms with Gasteiger partial charge >= 0.3 is 0 Å². The van der Waals surface area contributed by atoms with E-state index in [9.17, 15) is 0 Å². The molecule has 0 saturated carbocycles. The third-order valence-electron chi connectivity index (χ3n) is 3.46. The second kappa shape index (κ2) is 6.35. The molecule has 0 bridgehead atoms. The Labute approximate surface area is 130 Å². The molecule has 0 amide bonds. The molecule has 0 aliphatic heterocycles. The van der Waals surface area contributed by atoms with E-state index in [2.05, 4.69) is 50.6 Å². The molecule has 0 aliphatic rings. The van der Waals surface area contributed by atoms with Crippen molar-refractivity contribution in [2.75, 3.05) is 5.32 Å². The molecule has 4 nitrogen and oxygen atoms in total. The summed E-state index contributed by atoms with van der Waals surface area (Å²) in [6, 6.07) is 14.6. The Hall–Kier alpha value is -2.75. The van der Waals surface area contributed by atoms with Crippen molar-refractivity contribution in [3.8, 4) is 11.1 Å². The summed E-state index contributed by atoms with van der Waals surface area (Å²) in [5, 5.41) is 3.31. The van der Waals surface area contributed by atoms with Crippen LogP contribution in [0.1, 0.15) is 17.0 Å². The van der Waals surface area contributed by atoms with Gasteiger partial charge in [0.05, 0.1) is 0 Å². The van der Waals surface area contributed by atoms with Gasteiger partial charge in [-0.05, 0) is 42.7 Å². The van der Waals surface area contributed by atoms with Crippen LogP contribution in [-0.4, -0.2) is 15.0 Å². The molecule has 0 atom stereocenters. The second-order valence-electron chi connectivity index (χ2n) is 5.28. The summed E-state index contributed by atoms with van der Waals surface area (Å²) in [6.07, 6.45) is 3.42. The number of aryl methyl sites for hydroxylation is 2. The van der Waals surface area contributed by atoms with E-state index in [1.165, 1.54) is 16.7 Å². The highest BCUT2D eigenvalue weighted by Gasteiger charge is 2.00.